The van der Waals surface area contributed by atoms with Crippen molar-refractivity contribution < 1.29 is 29.7 Å². The number of amides is 1. The summed E-state index contributed by atoms with van der Waals surface area (Å²) in [5.74, 6) is -0.301. The standard InChI is InChI=1S/C18H28N2O4.H2O/c1-4-12-24-14-15(21)13-20(2,3)11-7-10-19-18(23)16-8-5-6-9-17(16)22;/h4-6,8-9,15,21H,1,7,10-14H2,2-3H3,(H-,19,22,23);1H2. The fourth-order valence-corrected chi connectivity index (χ4v) is 2.47. The number of carbonyl (C=O) groups excluding carboxylic acids is 1. The van der Waals surface area contributed by atoms with Crippen molar-refractivity contribution in [3.05, 3.63) is 42.5 Å². The van der Waals surface area contributed by atoms with E-state index in [1.807, 2.05) is 14.1 Å². The van der Waals surface area contributed by atoms with E-state index < -0.39 is 6.10 Å². The highest BCUT2D eigenvalue weighted by Crippen LogP contribution is 2.14. The highest BCUT2D eigenvalue weighted by molar-refractivity contribution is 5.96. The van der Waals surface area contributed by atoms with Gasteiger partial charge in [-0.05, 0) is 12.1 Å². The second kappa shape index (κ2) is 11.6. The lowest BCUT2D eigenvalue weighted by Crippen LogP contribution is -2.47. The van der Waals surface area contributed by atoms with Crippen LogP contribution >= 0.6 is 0 Å². The lowest BCUT2D eigenvalue weighted by atomic mass is 10.2. The smallest absolute Gasteiger partial charge is 0.255 e. The quantitative estimate of drug-likeness (QED) is 0.312. The minimum absolute atomic E-state index is 0. The van der Waals surface area contributed by atoms with Crippen molar-refractivity contribution in [3.8, 4) is 5.75 Å². The zero-order chi connectivity index (χ0) is 18.0. The van der Waals surface area contributed by atoms with Gasteiger partial charge in [0.25, 0.3) is 5.91 Å². The Morgan fingerprint density at radius 3 is 2.72 bits per heavy atom. The number of ether oxygens (including phenoxy) is 1. The van der Waals surface area contributed by atoms with Crippen LogP contribution in [0.1, 0.15) is 16.8 Å². The van der Waals surface area contributed by atoms with Crippen molar-refractivity contribution in [2.45, 2.75) is 12.5 Å². The zero-order valence-electron chi connectivity index (χ0n) is 15.0. The molecule has 4 N–H and O–H groups in total. The average Bonchev–Trinajstić information content (AvgIpc) is 2.51. The number of phenolic OH excluding ortho intramolecular Hbond substituents is 1. The second-order valence-electron chi connectivity index (χ2n) is 6.45. The molecule has 0 aliphatic heterocycles. The Hall–Kier alpha value is -1.93. The van der Waals surface area contributed by atoms with E-state index in [2.05, 4.69) is 11.9 Å². The van der Waals surface area contributed by atoms with Crippen LogP contribution in [0.2, 0.25) is 0 Å². The summed E-state index contributed by atoms with van der Waals surface area (Å²) >= 11 is 0. The van der Waals surface area contributed by atoms with Gasteiger partial charge in [-0.2, -0.15) is 0 Å². The maximum Gasteiger partial charge on any atom is 0.255 e. The van der Waals surface area contributed by atoms with Crippen LogP contribution in [0.15, 0.2) is 36.9 Å². The van der Waals surface area contributed by atoms with Gasteiger partial charge in [0.05, 0.1) is 39.4 Å². The molecule has 0 bridgehead atoms. The highest BCUT2D eigenvalue weighted by atomic mass is 16.5. The number of phenols is 1. The summed E-state index contributed by atoms with van der Waals surface area (Å²) in [5.41, 5.74) is 0.279. The lowest BCUT2D eigenvalue weighted by Gasteiger charge is -2.31. The third-order valence-corrected chi connectivity index (χ3v) is 3.63. The van der Waals surface area contributed by atoms with Crippen LogP contribution in [0.4, 0.5) is 0 Å². The van der Waals surface area contributed by atoms with Gasteiger partial charge in [-0.25, -0.2) is 0 Å². The summed E-state index contributed by atoms with van der Waals surface area (Å²) in [4.78, 5) is 12.0. The van der Waals surface area contributed by atoms with Crippen LogP contribution in [0.25, 0.3) is 0 Å². The number of hydrogen-bond donors (Lipinski definition) is 3. The number of quaternary nitrogens is 1. The van der Waals surface area contributed by atoms with Crippen LogP contribution in [-0.2, 0) is 4.74 Å². The monoisotopic (exact) mass is 354 g/mol. The Labute approximate surface area is 149 Å². The highest BCUT2D eigenvalue weighted by Gasteiger charge is 2.20. The van der Waals surface area contributed by atoms with Crippen LogP contribution in [-0.4, -0.2) is 79.1 Å². The van der Waals surface area contributed by atoms with Crippen molar-refractivity contribution >= 4 is 5.91 Å². The zero-order valence-corrected chi connectivity index (χ0v) is 15.0. The molecule has 0 radical (unpaired) electrons. The van der Waals surface area contributed by atoms with E-state index in [0.717, 1.165) is 13.0 Å². The van der Waals surface area contributed by atoms with Gasteiger partial charge in [0.1, 0.15) is 18.4 Å². The first-order chi connectivity index (χ1) is 11.4. The molecule has 1 aromatic rings. The molecule has 7 heteroatoms. The molecule has 25 heavy (non-hydrogen) atoms. The summed E-state index contributed by atoms with van der Waals surface area (Å²) in [6.07, 6.45) is 1.89. The molecule has 1 atom stereocenters. The number of aliphatic hydroxyl groups is 1. The maximum atomic E-state index is 12.0. The summed E-state index contributed by atoms with van der Waals surface area (Å²) < 4.78 is 5.88. The van der Waals surface area contributed by atoms with Gasteiger partial charge in [-0.1, -0.05) is 18.2 Å². The molecule has 1 unspecified atom stereocenters. The van der Waals surface area contributed by atoms with Crippen molar-refractivity contribution in [2.24, 2.45) is 0 Å². The molecule has 0 aliphatic rings. The molecular weight excluding hydrogens is 324 g/mol. The summed E-state index contributed by atoms with van der Waals surface area (Å²) in [5, 5.41) is 22.4. The molecule has 0 aromatic heterocycles. The van der Waals surface area contributed by atoms with Gasteiger partial charge < -0.3 is 30.2 Å². The molecule has 142 valence electrons. The molecule has 0 saturated heterocycles. The topological polar surface area (TPSA) is 109 Å². The molecule has 0 saturated carbocycles. The largest absolute Gasteiger partial charge is 0.870 e. The Bertz CT molecular complexity index is 534. The Balaban J connectivity index is 0.00000576. The predicted molar refractivity (Wildman–Crippen MR) is 95.9 cm³/mol. The van der Waals surface area contributed by atoms with E-state index in [1.165, 1.54) is 6.07 Å². The van der Waals surface area contributed by atoms with Gasteiger partial charge in [-0.15, -0.1) is 6.58 Å². The Morgan fingerprint density at radius 1 is 1.40 bits per heavy atom. The van der Waals surface area contributed by atoms with Crippen LogP contribution in [0.5, 0.6) is 5.75 Å². The van der Waals surface area contributed by atoms with E-state index in [1.54, 1.807) is 24.3 Å². The number of hydrogen-bond acceptors (Lipinski definition) is 5. The van der Waals surface area contributed by atoms with Gasteiger partial charge in [0, 0.05) is 13.0 Å². The lowest BCUT2D eigenvalue weighted by molar-refractivity contribution is -0.893. The number of aliphatic hydroxyl groups excluding tert-OH is 1. The van der Waals surface area contributed by atoms with E-state index in [9.17, 15) is 15.0 Å². The number of nitrogens with zero attached hydrogens (tertiary/aromatic N) is 1. The number of carbonyl (C=O) groups is 1. The van der Waals surface area contributed by atoms with E-state index >= 15 is 0 Å². The number of para-hydroxylation sites is 1. The Kier molecular flexibility index (Phi) is 10.7. The number of nitrogens with one attached hydrogen (secondary N) is 1. The first-order valence-electron chi connectivity index (χ1n) is 8.10. The minimum atomic E-state index is -0.532. The van der Waals surface area contributed by atoms with Crippen LogP contribution < -0.4 is 5.32 Å². The predicted octanol–water partition coefficient (Wildman–Crippen LogP) is 0.975. The van der Waals surface area contributed by atoms with Crippen LogP contribution in [0.3, 0.4) is 0 Å². The number of benzene rings is 1. The third-order valence-electron chi connectivity index (χ3n) is 3.63. The van der Waals surface area contributed by atoms with E-state index in [-0.39, 0.29) is 29.3 Å². The molecular formula is C18H30N2O5. The summed E-state index contributed by atoms with van der Waals surface area (Å²) in [6, 6.07) is 6.47. The number of likely N-dealkylation sites (N-methyl/N-ethyl adjacent to an activating group) is 1. The molecule has 0 spiro atoms. The van der Waals surface area contributed by atoms with Gasteiger partial charge in [0.15, 0.2) is 0 Å². The molecule has 1 aromatic carbocycles. The third kappa shape index (κ3) is 9.21. The number of aromatic hydroxyl groups is 1. The first-order valence-corrected chi connectivity index (χ1v) is 8.10. The second-order valence-corrected chi connectivity index (χ2v) is 6.45. The number of rotatable bonds is 11. The normalized spacial score (nSPS) is 12.1. The van der Waals surface area contributed by atoms with Gasteiger partial charge in [-0.3, -0.25) is 4.79 Å². The van der Waals surface area contributed by atoms with Crippen molar-refractivity contribution in [2.75, 3.05) is 46.9 Å². The van der Waals surface area contributed by atoms with Crippen molar-refractivity contribution in [1.82, 2.24) is 5.32 Å². The molecule has 1 rings (SSSR count). The molecule has 0 aliphatic carbocycles. The fraction of sp³-hybridized carbons (Fsp3) is 0.500. The van der Waals surface area contributed by atoms with Crippen molar-refractivity contribution in [3.63, 3.8) is 0 Å². The van der Waals surface area contributed by atoms with Crippen molar-refractivity contribution in [1.29, 1.82) is 0 Å². The SMILES string of the molecule is C=CCOCC(O)C[N+](C)(C)CCCNC(=O)c1ccccc1O.[OH-]. The first kappa shape index (κ1) is 23.1. The van der Waals surface area contributed by atoms with Crippen LogP contribution in [0, 0.1) is 0 Å². The summed E-state index contributed by atoms with van der Waals surface area (Å²) in [6.45, 7) is 6.18. The molecule has 0 fully saturated rings. The maximum absolute atomic E-state index is 12.0. The Morgan fingerprint density at radius 2 is 2.08 bits per heavy atom. The van der Waals surface area contributed by atoms with Gasteiger partial charge in [0.2, 0.25) is 0 Å². The molecule has 7 nitrogen and oxygen atoms in total. The van der Waals surface area contributed by atoms with E-state index in [4.69, 9.17) is 4.74 Å². The van der Waals surface area contributed by atoms with E-state index in [0.29, 0.717) is 24.2 Å². The summed E-state index contributed by atoms with van der Waals surface area (Å²) in [7, 11) is 4.06. The average molecular weight is 354 g/mol. The minimum Gasteiger partial charge on any atom is -0.870 e. The molecule has 1 amide bonds. The van der Waals surface area contributed by atoms with Gasteiger partial charge >= 0.3 is 0 Å². The fourth-order valence-electron chi connectivity index (χ4n) is 2.47. The molecule has 0 heterocycles.